The largest absolute Gasteiger partial charge is 0.308 e. The highest BCUT2D eigenvalue weighted by Gasteiger charge is 2.09. The quantitative estimate of drug-likeness (QED) is 0.664. The number of nitrogens with two attached hydrogens (primary N) is 1. The van der Waals surface area contributed by atoms with E-state index in [-0.39, 0.29) is 0 Å². The third kappa shape index (κ3) is 3.62. The van der Waals surface area contributed by atoms with E-state index in [9.17, 15) is 0 Å². The smallest absolute Gasteiger partial charge is 0.180 e. The minimum absolute atomic E-state index is 0.506. The van der Waals surface area contributed by atoms with E-state index in [4.69, 9.17) is 17.4 Å². The lowest BCUT2D eigenvalue weighted by atomic mass is 10.1. The number of hydrogen-bond acceptors (Lipinski definition) is 5. The van der Waals surface area contributed by atoms with Gasteiger partial charge in [0.1, 0.15) is 11.5 Å². The standard InChI is InChI=1S/C13H16ClN5/c1-8(2)5-10-6-12(19-15)18-13(17-10)11-4-3-9(14)7-16-11/h3-4,6-8H,5,15H2,1-2H3,(H,17,18,19). The number of pyridine rings is 1. The average Bonchev–Trinajstić information content (AvgIpc) is 2.38. The molecule has 19 heavy (non-hydrogen) atoms. The zero-order valence-corrected chi connectivity index (χ0v) is 11.6. The lowest BCUT2D eigenvalue weighted by molar-refractivity contribution is 0.634. The van der Waals surface area contributed by atoms with Gasteiger partial charge in [-0.25, -0.2) is 15.8 Å². The second-order valence-corrected chi connectivity index (χ2v) is 5.11. The summed E-state index contributed by atoms with van der Waals surface area (Å²) < 4.78 is 0. The summed E-state index contributed by atoms with van der Waals surface area (Å²) in [6, 6.07) is 5.40. The van der Waals surface area contributed by atoms with Gasteiger partial charge in [-0.15, -0.1) is 0 Å². The maximum atomic E-state index is 5.82. The number of anilines is 1. The zero-order chi connectivity index (χ0) is 13.8. The molecule has 0 spiro atoms. The molecule has 0 aromatic carbocycles. The van der Waals surface area contributed by atoms with Crippen LogP contribution in [0.25, 0.3) is 11.5 Å². The van der Waals surface area contributed by atoms with Gasteiger partial charge in [0.25, 0.3) is 0 Å². The maximum absolute atomic E-state index is 5.82. The topological polar surface area (TPSA) is 76.7 Å². The molecule has 0 unspecified atom stereocenters. The van der Waals surface area contributed by atoms with E-state index in [1.807, 2.05) is 6.07 Å². The highest BCUT2D eigenvalue weighted by Crippen LogP contribution is 2.18. The van der Waals surface area contributed by atoms with Crippen molar-refractivity contribution in [2.24, 2.45) is 11.8 Å². The summed E-state index contributed by atoms with van der Waals surface area (Å²) >= 11 is 5.82. The highest BCUT2D eigenvalue weighted by molar-refractivity contribution is 6.30. The van der Waals surface area contributed by atoms with Crippen LogP contribution in [-0.4, -0.2) is 15.0 Å². The van der Waals surface area contributed by atoms with E-state index < -0.39 is 0 Å². The van der Waals surface area contributed by atoms with Crippen molar-refractivity contribution in [1.29, 1.82) is 0 Å². The number of halogens is 1. The van der Waals surface area contributed by atoms with Crippen LogP contribution in [0.4, 0.5) is 5.82 Å². The van der Waals surface area contributed by atoms with Gasteiger partial charge in [-0.05, 0) is 24.5 Å². The van der Waals surface area contributed by atoms with Gasteiger partial charge in [-0.3, -0.25) is 4.98 Å². The Balaban J connectivity index is 2.41. The van der Waals surface area contributed by atoms with Crippen molar-refractivity contribution >= 4 is 17.4 Å². The minimum atomic E-state index is 0.506. The summed E-state index contributed by atoms with van der Waals surface area (Å²) in [4.78, 5) is 13.0. The Labute approximate surface area is 117 Å². The van der Waals surface area contributed by atoms with Gasteiger partial charge in [-0.2, -0.15) is 0 Å². The van der Waals surface area contributed by atoms with Crippen molar-refractivity contribution in [2.45, 2.75) is 20.3 Å². The van der Waals surface area contributed by atoms with Crippen molar-refractivity contribution < 1.29 is 0 Å². The molecule has 2 aromatic heterocycles. The first-order valence-corrected chi connectivity index (χ1v) is 6.43. The number of hydrazine groups is 1. The molecule has 0 aliphatic rings. The molecule has 2 heterocycles. The number of hydrogen-bond donors (Lipinski definition) is 2. The van der Waals surface area contributed by atoms with E-state index in [1.165, 1.54) is 0 Å². The van der Waals surface area contributed by atoms with Crippen LogP contribution in [-0.2, 0) is 6.42 Å². The van der Waals surface area contributed by atoms with Crippen LogP contribution in [0.1, 0.15) is 19.5 Å². The molecule has 2 rings (SSSR count). The summed E-state index contributed by atoms with van der Waals surface area (Å²) in [6.45, 7) is 4.27. The molecule has 3 N–H and O–H groups in total. The molecule has 0 aliphatic carbocycles. The van der Waals surface area contributed by atoms with Gasteiger partial charge in [-0.1, -0.05) is 25.4 Å². The Kier molecular flexibility index (Phi) is 4.29. The third-order valence-electron chi connectivity index (χ3n) is 2.50. The highest BCUT2D eigenvalue weighted by atomic mass is 35.5. The van der Waals surface area contributed by atoms with Crippen molar-refractivity contribution in [3.05, 3.63) is 35.1 Å². The van der Waals surface area contributed by atoms with Crippen LogP contribution in [0.2, 0.25) is 5.02 Å². The van der Waals surface area contributed by atoms with Crippen LogP contribution >= 0.6 is 11.6 Å². The molecule has 6 heteroatoms. The molecule has 0 atom stereocenters. The molecule has 0 aliphatic heterocycles. The van der Waals surface area contributed by atoms with Gasteiger partial charge >= 0.3 is 0 Å². The molecule has 100 valence electrons. The summed E-state index contributed by atoms with van der Waals surface area (Å²) in [5.74, 6) is 7.07. The molecular weight excluding hydrogens is 262 g/mol. The first kappa shape index (κ1) is 13.7. The lowest BCUT2D eigenvalue weighted by Crippen LogP contribution is -2.11. The molecule has 0 fully saturated rings. The number of nitrogens with zero attached hydrogens (tertiary/aromatic N) is 3. The first-order valence-electron chi connectivity index (χ1n) is 6.05. The first-order chi connectivity index (χ1) is 9.08. The predicted octanol–water partition coefficient (Wildman–Crippen LogP) is 2.68. The van der Waals surface area contributed by atoms with Crippen LogP contribution in [0.5, 0.6) is 0 Å². The summed E-state index contributed by atoms with van der Waals surface area (Å²) in [6.07, 6.45) is 2.43. The van der Waals surface area contributed by atoms with Crippen LogP contribution in [0, 0.1) is 5.92 Å². The van der Waals surface area contributed by atoms with E-state index in [1.54, 1.807) is 18.3 Å². The Bertz CT molecular complexity index is 553. The monoisotopic (exact) mass is 277 g/mol. The zero-order valence-electron chi connectivity index (χ0n) is 10.9. The molecule has 0 saturated carbocycles. The fourth-order valence-electron chi connectivity index (χ4n) is 1.72. The van der Waals surface area contributed by atoms with E-state index in [0.717, 1.165) is 12.1 Å². The SMILES string of the molecule is CC(C)Cc1cc(NN)nc(-c2ccc(Cl)cn2)n1. The molecule has 0 radical (unpaired) electrons. The molecular formula is C13H16ClN5. The summed E-state index contributed by atoms with van der Waals surface area (Å²) in [5, 5.41) is 0.583. The van der Waals surface area contributed by atoms with Gasteiger partial charge in [0.05, 0.1) is 5.02 Å². The number of aromatic nitrogens is 3. The molecule has 5 nitrogen and oxygen atoms in total. The Morgan fingerprint density at radius 2 is 2.11 bits per heavy atom. The van der Waals surface area contributed by atoms with Gasteiger partial charge in [0.2, 0.25) is 0 Å². The van der Waals surface area contributed by atoms with Crippen LogP contribution < -0.4 is 11.3 Å². The molecule has 0 amide bonds. The predicted molar refractivity (Wildman–Crippen MR) is 76.6 cm³/mol. The Morgan fingerprint density at radius 1 is 1.32 bits per heavy atom. The maximum Gasteiger partial charge on any atom is 0.180 e. The van der Waals surface area contributed by atoms with Crippen LogP contribution in [0.15, 0.2) is 24.4 Å². The van der Waals surface area contributed by atoms with Gasteiger partial charge in [0, 0.05) is 18.0 Å². The normalized spacial score (nSPS) is 10.8. The number of rotatable bonds is 4. The molecule has 0 saturated heterocycles. The second-order valence-electron chi connectivity index (χ2n) is 4.67. The number of nitrogen functional groups attached to an aromatic ring is 1. The van der Waals surface area contributed by atoms with Crippen LogP contribution in [0.3, 0.4) is 0 Å². The van der Waals surface area contributed by atoms with Crippen molar-refractivity contribution in [3.8, 4) is 11.5 Å². The van der Waals surface area contributed by atoms with Crippen molar-refractivity contribution in [1.82, 2.24) is 15.0 Å². The van der Waals surface area contributed by atoms with E-state index in [2.05, 4.69) is 34.2 Å². The van der Waals surface area contributed by atoms with E-state index in [0.29, 0.717) is 28.3 Å². The van der Waals surface area contributed by atoms with Gasteiger partial charge < -0.3 is 5.43 Å². The molecule has 2 aromatic rings. The fourth-order valence-corrected chi connectivity index (χ4v) is 1.83. The van der Waals surface area contributed by atoms with Gasteiger partial charge in [0.15, 0.2) is 5.82 Å². The van der Waals surface area contributed by atoms with Crippen molar-refractivity contribution in [3.63, 3.8) is 0 Å². The van der Waals surface area contributed by atoms with E-state index >= 15 is 0 Å². The molecule has 0 bridgehead atoms. The van der Waals surface area contributed by atoms with Crippen molar-refractivity contribution in [2.75, 3.05) is 5.43 Å². The summed E-state index contributed by atoms with van der Waals surface area (Å²) in [7, 11) is 0. The average molecular weight is 278 g/mol. The Hall–Kier alpha value is -1.72. The fraction of sp³-hybridized carbons (Fsp3) is 0.308. The number of nitrogens with one attached hydrogen (secondary N) is 1. The Morgan fingerprint density at radius 3 is 2.68 bits per heavy atom. The lowest BCUT2D eigenvalue weighted by Gasteiger charge is -2.09. The summed E-state index contributed by atoms with van der Waals surface area (Å²) in [5.41, 5.74) is 4.16. The third-order valence-corrected chi connectivity index (χ3v) is 2.72. The minimum Gasteiger partial charge on any atom is -0.308 e. The second kappa shape index (κ2) is 5.95.